The van der Waals surface area contributed by atoms with Gasteiger partial charge in [0, 0.05) is 43.7 Å². The summed E-state index contributed by atoms with van der Waals surface area (Å²) in [5.41, 5.74) is 4.51. The number of halogens is 1. The molecule has 3 aromatic rings. The lowest BCUT2D eigenvalue weighted by atomic mass is 10.1. The van der Waals surface area contributed by atoms with Crippen molar-refractivity contribution < 1.29 is 9.59 Å². The van der Waals surface area contributed by atoms with Gasteiger partial charge in [0.05, 0.1) is 22.0 Å². The Kier molecular flexibility index (Phi) is 7.59. The molecule has 0 spiro atoms. The van der Waals surface area contributed by atoms with E-state index in [1.54, 1.807) is 35.5 Å². The maximum Gasteiger partial charge on any atom is 0.253 e. The summed E-state index contributed by atoms with van der Waals surface area (Å²) in [5, 5.41) is 3.37. The number of nitrogens with one attached hydrogen (secondary N) is 1. The predicted molar refractivity (Wildman–Crippen MR) is 128 cm³/mol. The second kappa shape index (κ2) is 10.4. The molecule has 1 aromatic carbocycles. The van der Waals surface area contributed by atoms with Crippen LogP contribution < -0.4 is 10.2 Å². The maximum atomic E-state index is 12.5. The highest BCUT2D eigenvalue weighted by Crippen LogP contribution is 2.31. The highest BCUT2D eigenvalue weighted by Gasteiger charge is 2.17. The SMILES string of the molecule is CC(=O)N(CC(C)C)c1ccc(-c2ccc(C(=O)NCc3cccnc3C)cn2)cc1Cl. The number of hydrogen-bond acceptors (Lipinski definition) is 4. The van der Waals surface area contributed by atoms with Crippen LogP contribution in [0.5, 0.6) is 0 Å². The minimum atomic E-state index is -0.202. The lowest BCUT2D eigenvalue weighted by molar-refractivity contribution is -0.116. The Balaban J connectivity index is 1.72. The first kappa shape index (κ1) is 23.4. The van der Waals surface area contributed by atoms with Gasteiger partial charge in [-0.15, -0.1) is 0 Å². The Labute approximate surface area is 193 Å². The third kappa shape index (κ3) is 5.71. The molecule has 1 N–H and O–H groups in total. The molecule has 0 aliphatic carbocycles. The first-order chi connectivity index (χ1) is 15.3. The van der Waals surface area contributed by atoms with Crippen molar-refractivity contribution in [3.63, 3.8) is 0 Å². The van der Waals surface area contributed by atoms with E-state index in [2.05, 4.69) is 29.1 Å². The molecule has 0 atom stereocenters. The number of anilines is 1. The van der Waals surface area contributed by atoms with Crippen LogP contribution in [0.25, 0.3) is 11.3 Å². The summed E-state index contributed by atoms with van der Waals surface area (Å²) < 4.78 is 0. The number of carbonyl (C=O) groups excluding carboxylic acids is 2. The van der Waals surface area contributed by atoms with Crippen LogP contribution in [0.3, 0.4) is 0 Å². The smallest absolute Gasteiger partial charge is 0.253 e. The molecule has 3 rings (SSSR count). The van der Waals surface area contributed by atoms with Gasteiger partial charge in [0.1, 0.15) is 0 Å². The van der Waals surface area contributed by atoms with Gasteiger partial charge in [-0.3, -0.25) is 19.6 Å². The topological polar surface area (TPSA) is 75.2 Å². The molecule has 0 unspecified atom stereocenters. The van der Waals surface area contributed by atoms with E-state index in [4.69, 9.17) is 11.6 Å². The molecule has 2 amide bonds. The highest BCUT2D eigenvalue weighted by atomic mass is 35.5. The van der Waals surface area contributed by atoms with Crippen LogP contribution in [-0.4, -0.2) is 28.3 Å². The molecule has 0 fully saturated rings. The fourth-order valence-electron chi connectivity index (χ4n) is 3.33. The van der Waals surface area contributed by atoms with Gasteiger partial charge < -0.3 is 10.2 Å². The van der Waals surface area contributed by atoms with E-state index in [1.165, 1.54) is 6.92 Å². The average molecular weight is 451 g/mol. The van der Waals surface area contributed by atoms with Crippen LogP contribution in [0.4, 0.5) is 5.69 Å². The standard InChI is InChI=1S/C25H27ClN4O2/c1-16(2)15-30(18(4)31)24-10-8-19(12-22(24)26)23-9-7-21(14-28-23)25(32)29-13-20-6-5-11-27-17(20)3/h5-12,14,16H,13,15H2,1-4H3,(H,29,32). The molecule has 0 saturated carbocycles. The normalized spacial score (nSPS) is 10.8. The predicted octanol–water partition coefficient (Wildman–Crippen LogP) is 5.04. The quantitative estimate of drug-likeness (QED) is 0.546. The van der Waals surface area contributed by atoms with Crippen LogP contribution in [0.1, 0.15) is 42.4 Å². The van der Waals surface area contributed by atoms with Crippen molar-refractivity contribution in [2.45, 2.75) is 34.2 Å². The second-order valence-corrected chi connectivity index (χ2v) is 8.46. The third-order valence-electron chi connectivity index (χ3n) is 5.04. The maximum absolute atomic E-state index is 12.5. The average Bonchev–Trinajstić information content (AvgIpc) is 2.77. The summed E-state index contributed by atoms with van der Waals surface area (Å²) in [6.07, 6.45) is 3.27. The molecule has 2 aromatic heterocycles. The number of aromatic nitrogens is 2. The number of benzene rings is 1. The summed E-state index contributed by atoms with van der Waals surface area (Å²) >= 11 is 6.50. The van der Waals surface area contributed by atoms with E-state index in [1.807, 2.05) is 31.2 Å². The third-order valence-corrected chi connectivity index (χ3v) is 5.35. The van der Waals surface area contributed by atoms with Crippen LogP contribution in [0.2, 0.25) is 5.02 Å². The van der Waals surface area contributed by atoms with E-state index in [0.29, 0.717) is 41.0 Å². The van der Waals surface area contributed by atoms with E-state index < -0.39 is 0 Å². The summed E-state index contributed by atoms with van der Waals surface area (Å²) in [6, 6.07) is 12.8. The number of pyridine rings is 2. The van der Waals surface area contributed by atoms with Gasteiger partial charge in [0.2, 0.25) is 5.91 Å². The fraction of sp³-hybridized carbons (Fsp3) is 0.280. The van der Waals surface area contributed by atoms with E-state index >= 15 is 0 Å². The first-order valence-corrected chi connectivity index (χ1v) is 10.9. The van der Waals surface area contributed by atoms with E-state index in [9.17, 15) is 9.59 Å². The Morgan fingerprint density at radius 3 is 2.50 bits per heavy atom. The molecule has 166 valence electrons. The molecule has 32 heavy (non-hydrogen) atoms. The lowest BCUT2D eigenvalue weighted by Crippen LogP contribution is -2.32. The second-order valence-electron chi connectivity index (χ2n) is 8.05. The Morgan fingerprint density at radius 2 is 1.91 bits per heavy atom. The van der Waals surface area contributed by atoms with Gasteiger partial charge in [-0.2, -0.15) is 0 Å². The minimum absolute atomic E-state index is 0.0525. The molecule has 0 radical (unpaired) electrons. The Bertz CT molecular complexity index is 1110. The molecule has 6 nitrogen and oxygen atoms in total. The summed E-state index contributed by atoms with van der Waals surface area (Å²) in [7, 11) is 0. The number of aryl methyl sites for hydroxylation is 1. The van der Waals surface area contributed by atoms with Crippen molar-refractivity contribution in [3.8, 4) is 11.3 Å². The van der Waals surface area contributed by atoms with Crippen LogP contribution in [-0.2, 0) is 11.3 Å². The van der Waals surface area contributed by atoms with Crippen molar-refractivity contribution in [2.24, 2.45) is 5.92 Å². The number of nitrogens with zero attached hydrogens (tertiary/aromatic N) is 3. The fourth-order valence-corrected chi connectivity index (χ4v) is 3.61. The number of rotatable bonds is 7. The number of carbonyl (C=O) groups is 2. The molecule has 0 saturated heterocycles. The monoisotopic (exact) mass is 450 g/mol. The van der Waals surface area contributed by atoms with Crippen LogP contribution in [0.15, 0.2) is 54.9 Å². The first-order valence-electron chi connectivity index (χ1n) is 10.5. The number of amides is 2. The largest absolute Gasteiger partial charge is 0.348 e. The van der Waals surface area contributed by atoms with Gasteiger partial charge in [-0.1, -0.05) is 37.6 Å². The van der Waals surface area contributed by atoms with Crippen LogP contribution in [0, 0.1) is 12.8 Å². The van der Waals surface area contributed by atoms with Crippen molar-refractivity contribution in [3.05, 3.63) is 76.7 Å². The van der Waals surface area contributed by atoms with E-state index in [-0.39, 0.29) is 11.8 Å². The number of hydrogen-bond donors (Lipinski definition) is 1. The summed E-state index contributed by atoms with van der Waals surface area (Å²) in [6.45, 7) is 8.55. The zero-order chi connectivity index (χ0) is 23.3. The van der Waals surface area contributed by atoms with Gasteiger partial charge >= 0.3 is 0 Å². The van der Waals surface area contributed by atoms with Crippen molar-refractivity contribution in [2.75, 3.05) is 11.4 Å². The highest BCUT2D eigenvalue weighted by molar-refractivity contribution is 6.34. The van der Waals surface area contributed by atoms with Gasteiger partial charge in [-0.05, 0) is 48.7 Å². The van der Waals surface area contributed by atoms with Gasteiger partial charge in [0.15, 0.2) is 0 Å². The minimum Gasteiger partial charge on any atom is -0.348 e. The van der Waals surface area contributed by atoms with Gasteiger partial charge in [0.25, 0.3) is 5.91 Å². The summed E-state index contributed by atoms with van der Waals surface area (Å²) in [5.74, 6) is 0.0619. The molecular formula is C25H27ClN4O2. The van der Waals surface area contributed by atoms with Crippen molar-refractivity contribution >= 4 is 29.1 Å². The van der Waals surface area contributed by atoms with Crippen molar-refractivity contribution in [1.29, 1.82) is 0 Å². The lowest BCUT2D eigenvalue weighted by Gasteiger charge is -2.24. The molecular weight excluding hydrogens is 424 g/mol. The zero-order valence-corrected chi connectivity index (χ0v) is 19.5. The molecule has 0 aliphatic rings. The van der Waals surface area contributed by atoms with Crippen LogP contribution >= 0.6 is 11.6 Å². The zero-order valence-electron chi connectivity index (χ0n) is 18.7. The molecule has 0 bridgehead atoms. The molecule has 0 aliphatic heterocycles. The van der Waals surface area contributed by atoms with Gasteiger partial charge in [-0.25, -0.2) is 0 Å². The summed E-state index contributed by atoms with van der Waals surface area (Å²) in [4.78, 5) is 34.9. The Hall–Kier alpha value is -3.25. The molecule has 7 heteroatoms. The van der Waals surface area contributed by atoms with Crippen molar-refractivity contribution in [1.82, 2.24) is 15.3 Å². The Morgan fingerprint density at radius 1 is 1.12 bits per heavy atom. The molecule has 2 heterocycles. The van der Waals surface area contributed by atoms with E-state index in [0.717, 1.165) is 16.8 Å².